The zero-order chi connectivity index (χ0) is 34.4. The van der Waals surface area contributed by atoms with Crippen LogP contribution in [0.25, 0.3) is 61.3 Å². The number of hydrogen-bond acceptors (Lipinski definition) is 5. The SMILES string of the molecule is c1ccc(C2=c3ccc4c(c3N=C2c2nnnc(-c3ccccc3-c3ccccc3)c2-c2ccccc2-c2ccccc2)-c2ccccc2N=4)cc1. The molecule has 0 atom stereocenters. The van der Waals surface area contributed by atoms with Crippen molar-refractivity contribution >= 4 is 22.7 Å². The third kappa shape index (κ3) is 4.83. The monoisotopic (exact) mass is 663 g/mol. The number of hydrogen-bond donors (Lipinski definition) is 0. The highest BCUT2D eigenvalue weighted by Crippen LogP contribution is 2.44. The molecule has 2 aliphatic heterocycles. The maximum atomic E-state index is 5.54. The molecule has 5 heteroatoms. The van der Waals surface area contributed by atoms with Crippen molar-refractivity contribution in [2.24, 2.45) is 9.98 Å². The first-order chi connectivity index (χ1) is 25.8. The fraction of sp³-hybridized carbons (Fsp3) is 0. The number of aliphatic imine (C=N–C) groups is 1. The van der Waals surface area contributed by atoms with Gasteiger partial charge >= 0.3 is 0 Å². The summed E-state index contributed by atoms with van der Waals surface area (Å²) in [5, 5.41) is 16.3. The van der Waals surface area contributed by atoms with Crippen molar-refractivity contribution in [3.63, 3.8) is 0 Å². The molecule has 8 aromatic rings. The fourth-order valence-corrected chi connectivity index (χ4v) is 7.60. The van der Waals surface area contributed by atoms with Crippen LogP contribution in [0.3, 0.4) is 0 Å². The van der Waals surface area contributed by atoms with Gasteiger partial charge in [-0.1, -0.05) is 158 Å². The van der Waals surface area contributed by atoms with Crippen molar-refractivity contribution in [2.45, 2.75) is 0 Å². The number of fused-ring (bicyclic) bond motifs is 5. The van der Waals surface area contributed by atoms with E-state index in [9.17, 15) is 0 Å². The van der Waals surface area contributed by atoms with Crippen molar-refractivity contribution in [1.29, 1.82) is 0 Å². The molecular weight excluding hydrogens is 635 g/mol. The van der Waals surface area contributed by atoms with Crippen LogP contribution in [0.2, 0.25) is 0 Å². The summed E-state index contributed by atoms with van der Waals surface area (Å²) in [6.45, 7) is 0. The lowest BCUT2D eigenvalue weighted by atomic mass is 9.86. The Hall–Kier alpha value is -7.11. The van der Waals surface area contributed by atoms with Crippen LogP contribution >= 0.6 is 0 Å². The molecule has 0 N–H and O–H groups in total. The summed E-state index contributed by atoms with van der Waals surface area (Å²) < 4.78 is 0. The summed E-state index contributed by atoms with van der Waals surface area (Å²) in [6.07, 6.45) is 0. The highest BCUT2D eigenvalue weighted by atomic mass is 15.3. The van der Waals surface area contributed by atoms with Gasteiger partial charge in [0.05, 0.1) is 16.7 Å². The Bertz CT molecular complexity index is 2830. The van der Waals surface area contributed by atoms with Crippen LogP contribution in [0.15, 0.2) is 186 Å². The van der Waals surface area contributed by atoms with Crippen molar-refractivity contribution in [1.82, 2.24) is 15.4 Å². The van der Waals surface area contributed by atoms with Gasteiger partial charge in [0.25, 0.3) is 0 Å². The van der Waals surface area contributed by atoms with Crippen LogP contribution in [0.5, 0.6) is 0 Å². The van der Waals surface area contributed by atoms with E-state index < -0.39 is 0 Å². The molecule has 0 radical (unpaired) electrons. The summed E-state index contributed by atoms with van der Waals surface area (Å²) >= 11 is 0. The number of aromatic nitrogens is 3. The van der Waals surface area contributed by atoms with E-state index in [1.807, 2.05) is 24.3 Å². The highest BCUT2D eigenvalue weighted by Gasteiger charge is 2.31. The lowest BCUT2D eigenvalue weighted by molar-refractivity contribution is 0.867. The van der Waals surface area contributed by atoms with E-state index in [1.165, 1.54) is 0 Å². The van der Waals surface area contributed by atoms with Gasteiger partial charge in [0.1, 0.15) is 17.1 Å². The second kappa shape index (κ2) is 12.3. The van der Waals surface area contributed by atoms with Gasteiger partial charge in [-0.3, -0.25) is 0 Å². The Morgan fingerprint density at radius 2 is 0.865 bits per heavy atom. The number of rotatable bonds is 6. The third-order valence-electron chi connectivity index (χ3n) is 9.90. The van der Waals surface area contributed by atoms with Crippen molar-refractivity contribution in [3.05, 3.63) is 198 Å². The predicted molar refractivity (Wildman–Crippen MR) is 209 cm³/mol. The van der Waals surface area contributed by atoms with Crippen molar-refractivity contribution in [2.75, 3.05) is 0 Å². The number of benzene rings is 7. The maximum Gasteiger partial charge on any atom is 0.124 e. The Morgan fingerprint density at radius 3 is 1.54 bits per heavy atom. The average Bonchev–Trinajstić information content (AvgIpc) is 3.80. The molecule has 0 aliphatic carbocycles. The Balaban J connectivity index is 1.31. The molecule has 0 fully saturated rings. The summed E-state index contributed by atoms with van der Waals surface area (Å²) in [6, 6.07) is 60.8. The molecule has 52 heavy (non-hydrogen) atoms. The third-order valence-corrected chi connectivity index (χ3v) is 9.90. The minimum atomic E-state index is 0.670. The van der Waals surface area contributed by atoms with E-state index in [0.29, 0.717) is 5.69 Å². The van der Waals surface area contributed by atoms with Crippen LogP contribution in [0, 0.1) is 0 Å². The van der Waals surface area contributed by atoms with Gasteiger partial charge in [0.2, 0.25) is 0 Å². The highest BCUT2D eigenvalue weighted by molar-refractivity contribution is 6.36. The topological polar surface area (TPSA) is 63.4 Å². The number of nitrogens with zero attached hydrogens (tertiary/aromatic N) is 5. The van der Waals surface area contributed by atoms with Crippen LogP contribution in [-0.4, -0.2) is 21.1 Å². The Kier molecular flexibility index (Phi) is 7.07. The second-order valence-electron chi connectivity index (χ2n) is 12.9. The van der Waals surface area contributed by atoms with Gasteiger partial charge < -0.3 is 0 Å². The van der Waals surface area contributed by atoms with E-state index >= 15 is 0 Å². The molecule has 7 aromatic carbocycles. The molecule has 0 spiro atoms. The lowest BCUT2D eigenvalue weighted by Crippen LogP contribution is -2.16. The molecular formula is C47H29N5. The fourth-order valence-electron chi connectivity index (χ4n) is 7.60. The standard InChI is InChI=1S/C47H29N5/c1-4-16-30(17-5-1)33-22-10-12-24-35(33)43-45(36-25-13-11-23-34(36)31-18-6-2-7-19-31)50-52-51-47(43)46-41(32-20-8-3-9-21-32)38-28-29-40-42(44(38)49-46)37-26-14-15-27-39(37)48-40/h1-29H. The Labute approximate surface area is 300 Å². The normalized spacial score (nSPS) is 12.5. The zero-order valence-corrected chi connectivity index (χ0v) is 28.0. The van der Waals surface area contributed by atoms with Crippen LogP contribution in [0.1, 0.15) is 11.3 Å². The summed E-state index contributed by atoms with van der Waals surface area (Å²) in [7, 11) is 0. The molecule has 0 amide bonds. The molecule has 1 aromatic heterocycles. The molecule has 0 bridgehead atoms. The first-order valence-corrected chi connectivity index (χ1v) is 17.4. The summed E-state index contributed by atoms with van der Waals surface area (Å²) in [5.74, 6) is 0. The van der Waals surface area contributed by atoms with E-state index in [4.69, 9.17) is 20.2 Å². The van der Waals surface area contributed by atoms with Crippen LogP contribution in [-0.2, 0) is 0 Å². The van der Waals surface area contributed by atoms with Crippen molar-refractivity contribution < 1.29 is 0 Å². The Morgan fingerprint density at radius 1 is 0.346 bits per heavy atom. The molecule has 0 saturated heterocycles. The van der Waals surface area contributed by atoms with Crippen LogP contribution < -0.4 is 10.6 Å². The van der Waals surface area contributed by atoms with E-state index in [-0.39, 0.29) is 0 Å². The second-order valence-corrected chi connectivity index (χ2v) is 12.9. The first-order valence-electron chi connectivity index (χ1n) is 17.4. The van der Waals surface area contributed by atoms with Gasteiger partial charge in [0, 0.05) is 33.0 Å². The molecule has 10 rings (SSSR count). The molecule has 0 saturated carbocycles. The van der Waals surface area contributed by atoms with Gasteiger partial charge in [0.15, 0.2) is 0 Å². The quantitative estimate of drug-likeness (QED) is 0.178. The molecule has 3 heterocycles. The predicted octanol–water partition coefficient (Wildman–Crippen LogP) is 9.80. The average molecular weight is 664 g/mol. The minimum Gasteiger partial charge on any atom is -0.248 e. The van der Waals surface area contributed by atoms with E-state index in [0.717, 1.165) is 94.6 Å². The van der Waals surface area contributed by atoms with Gasteiger partial charge in [-0.2, -0.15) is 0 Å². The molecule has 0 unspecified atom stereocenters. The van der Waals surface area contributed by atoms with Gasteiger partial charge in [-0.05, 0) is 56.8 Å². The number of para-hydroxylation sites is 1. The first kappa shape index (κ1) is 29.8. The van der Waals surface area contributed by atoms with Gasteiger partial charge in [-0.15, -0.1) is 10.2 Å². The summed E-state index contributed by atoms with van der Waals surface area (Å²) in [5.41, 5.74) is 15.4. The van der Waals surface area contributed by atoms with E-state index in [1.54, 1.807) is 0 Å². The van der Waals surface area contributed by atoms with Crippen molar-refractivity contribution in [3.8, 4) is 55.8 Å². The zero-order valence-electron chi connectivity index (χ0n) is 28.0. The minimum absolute atomic E-state index is 0.670. The maximum absolute atomic E-state index is 5.54. The largest absolute Gasteiger partial charge is 0.248 e. The van der Waals surface area contributed by atoms with Crippen LogP contribution in [0.4, 0.5) is 11.4 Å². The molecule has 242 valence electrons. The lowest BCUT2D eigenvalue weighted by Gasteiger charge is -2.19. The van der Waals surface area contributed by atoms with E-state index in [2.05, 4.69) is 157 Å². The molecule has 2 aliphatic rings. The summed E-state index contributed by atoms with van der Waals surface area (Å²) in [4.78, 5) is 10.5. The smallest absolute Gasteiger partial charge is 0.124 e. The molecule has 5 nitrogen and oxygen atoms in total. The van der Waals surface area contributed by atoms with Gasteiger partial charge in [-0.25, -0.2) is 9.98 Å².